The topological polar surface area (TPSA) is 83.0 Å². The standard InChI is InChI=1S/C26H24F3N3O5/c1-25(2)36-15-19(37-25)14-35-22-13-17(8-9-30-22)24(33)32-10-11-34-21-7-6-20(31-23(21)32)16-4-3-5-18(12-16)26(27,28)29/h3-9,12-13,19H,10-11,14-15H2,1-2H3. The van der Waals surface area contributed by atoms with Gasteiger partial charge < -0.3 is 18.9 Å². The molecule has 4 heterocycles. The number of carbonyl (C=O) groups excluding carboxylic acids is 1. The predicted molar refractivity (Wildman–Crippen MR) is 126 cm³/mol. The number of halogens is 3. The maximum atomic E-state index is 13.4. The van der Waals surface area contributed by atoms with Crippen molar-refractivity contribution in [3.63, 3.8) is 0 Å². The minimum atomic E-state index is -4.48. The molecular weight excluding hydrogens is 491 g/mol. The van der Waals surface area contributed by atoms with Crippen LogP contribution in [-0.4, -0.2) is 54.1 Å². The number of anilines is 1. The number of ether oxygens (including phenoxy) is 4. The number of fused-ring (bicyclic) bond motifs is 1. The molecule has 0 aliphatic carbocycles. The summed E-state index contributed by atoms with van der Waals surface area (Å²) in [4.78, 5) is 23.5. The predicted octanol–water partition coefficient (Wildman–Crippen LogP) is 4.73. The van der Waals surface area contributed by atoms with E-state index < -0.39 is 17.5 Å². The van der Waals surface area contributed by atoms with Gasteiger partial charge in [0.15, 0.2) is 17.4 Å². The van der Waals surface area contributed by atoms with Gasteiger partial charge in [0.05, 0.1) is 24.4 Å². The maximum Gasteiger partial charge on any atom is 0.416 e. The number of amides is 1. The van der Waals surface area contributed by atoms with Crippen molar-refractivity contribution in [3.8, 4) is 22.9 Å². The maximum absolute atomic E-state index is 13.4. The Morgan fingerprint density at radius 2 is 2.03 bits per heavy atom. The minimum Gasteiger partial charge on any atom is -0.488 e. The lowest BCUT2D eigenvalue weighted by molar-refractivity contribution is -0.141. The Morgan fingerprint density at radius 1 is 1.19 bits per heavy atom. The van der Waals surface area contributed by atoms with Crippen molar-refractivity contribution in [2.45, 2.75) is 31.9 Å². The van der Waals surface area contributed by atoms with E-state index in [0.29, 0.717) is 17.9 Å². The molecule has 0 spiro atoms. The van der Waals surface area contributed by atoms with Crippen LogP contribution in [0.4, 0.5) is 19.0 Å². The Bertz CT molecular complexity index is 1310. The SMILES string of the molecule is CC1(C)OCC(COc2cc(C(=O)N3CCOc4ccc(-c5cccc(C(F)(F)F)c5)nc43)ccn2)O1. The fourth-order valence-corrected chi connectivity index (χ4v) is 4.11. The van der Waals surface area contributed by atoms with E-state index in [1.165, 1.54) is 29.3 Å². The van der Waals surface area contributed by atoms with Crippen molar-refractivity contribution in [1.82, 2.24) is 9.97 Å². The first-order chi connectivity index (χ1) is 17.6. The van der Waals surface area contributed by atoms with Gasteiger partial charge in [-0.2, -0.15) is 13.2 Å². The van der Waals surface area contributed by atoms with Crippen LogP contribution < -0.4 is 14.4 Å². The summed E-state index contributed by atoms with van der Waals surface area (Å²) in [6.07, 6.45) is -3.28. The largest absolute Gasteiger partial charge is 0.488 e. The number of benzene rings is 1. The first-order valence-corrected chi connectivity index (χ1v) is 11.6. The van der Waals surface area contributed by atoms with Crippen LogP contribution in [0.3, 0.4) is 0 Å². The Labute approximate surface area is 210 Å². The number of hydrogen-bond donors (Lipinski definition) is 0. The molecule has 194 valence electrons. The Hall–Kier alpha value is -3.70. The lowest BCUT2D eigenvalue weighted by Gasteiger charge is -2.29. The average Bonchev–Trinajstić information content (AvgIpc) is 3.24. The average molecular weight is 515 g/mol. The summed E-state index contributed by atoms with van der Waals surface area (Å²) < 4.78 is 62.2. The van der Waals surface area contributed by atoms with Crippen molar-refractivity contribution in [1.29, 1.82) is 0 Å². The van der Waals surface area contributed by atoms with Gasteiger partial charge in [0.2, 0.25) is 5.88 Å². The summed E-state index contributed by atoms with van der Waals surface area (Å²) in [5.41, 5.74) is 0.0919. The van der Waals surface area contributed by atoms with Gasteiger partial charge >= 0.3 is 6.18 Å². The lowest BCUT2D eigenvalue weighted by atomic mass is 10.1. The van der Waals surface area contributed by atoms with Crippen LogP contribution in [0.1, 0.15) is 29.8 Å². The van der Waals surface area contributed by atoms with Crippen LogP contribution >= 0.6 is 0 Å². The fourth-order valence-electron chi connectivity index (χ4n) is 4.11. The fraction of sp³-hybridized carbons (Fsp3) is 0.346. The molecule has 0 N–H and O–H groups in total. The van der Waals surface area contributed by atoms with Crippen LogP contribution in [0.25, 0.3) is 11.3 Å². The third kappa shape index (κ3) is 5.52. The molecule has 3 aromatic rings. The number of pyridine rings is 2. The molecule has 0 radical (unpaired) electrons. The molecule has 0 saturated carbocycles. The minimum absolute atomic E-state index is 0.205. The van der Waals surface area contributed by atoms with Crippen LogP contribution in [0.15, 0.2) is 54.7 Å². The zero-order valence-corrected chi connectivity index (χ0v) is 20.1. The van der Waals surface area contributed by atoms with Crippen LogP contribution in [0, 0.1) is 0 Å². The Morgan fingerprint density at radius 3 is 2.78 bits per heavy atom. The highest BCUT2D eigenvalue weighted by Crippen LogP contribution is 2.36. The number of carbonyl (C=O) groups is 1. The number of nitrogens with zero attached hydrogens (tertiary/aromatic N) is 3. The second-order valence-electron chi connectivity index (χ2n) is 9.05. The first-order valence-electron chi connectivity index (χ1n) is 11.6. The van der Waals surface area contributed by atoms with Crippen LogP contribution in [0.5, 0.6) is 11.6 Å². The highest BCUT2D eigenvalue weighted by molar-refractivity contribution is 6.06. The van der Waals surface area contributed by atoms with Gasteiger partial charge in [-0.05, 0) is 44.2 Å². The van der Waals surface area contributed by atoms with Crippen molar-refractivity contribution < 1.29 is 36.9 Å². The van der Waals surface area contributed by atoms with Crippen molar-refractivity contribution in [2.24, 2.45) is 0 Å². The molecule has 1 atom stereocenters. The van der Waals surface area contributed by atoms with E-state index in [4.69, 9.17) is 18.9 Å². The van der Waals surface area contributed by atoms with Gasteiger partial charge in [-0.15, -0.1) is 0 Å². The highest BCUT2D eigenvalue weighted by Gasteiger charge is 2.34. The van der Waals surface area contributed by atoms with E-state index in [9.17, 15) is 18.0 Å². The third-order valence-corrected chi connectivity index (χ3v) is 5.86. The molecule has 1 amide bonds. The van der Waals surface area contributed by atoms with Gasteiger partial charge in [-0.25, -0.2) is 9.97 Å². The van der Waals surface area contributed by atoms with Gasteiger partial charge in [-0.1, -0.05) is 12.1 Å². The monoisotopic (exact) mass is 515 g/mol. The molecule has 2 aromatic heterocycles. The Balaban J connectivity index is 1.37. The van der Waals surface area contributed by atoms with Crippen molar-refractivity contribution >= 4 is 11.7 Å². The van der Waals surface area contributed by atoms with Crippen LogP contribution in [-0.2, 0) is 15.7 Å². The molecule has 37 heavy (non-hydrogen) atoms. The van der Waals surface area contributed by atoms with E-state index in [1.807, 2.05) is 13.8 Å². The number of rotatable bonds is 5. The van der Waals surface area contributed by atoms with Crippen molar-refractivity contribution in [3.05, 3.63) is 65.9 Å². The smallest absolute Gasteiger partial charge is 0.416 e. The highest BCUT2D eigenvalue weighted by atomic mass is 19.4. The molecule has 1 saturated heterocycles. The number of alkyl halides is 3. The molecule has 1 unspecified atom stereocenters. The zero-order valence-electron chi connectivity index (χ0n) is 20.1. The number of aromatic nitrogens is 2. The summed E-state index contributed by atoms with van der Waals surface area (Å²) in [5, 5.41) is 0. The van der Waals surface area contributed by atoms with E-state index in [2.05, 4.69) is 9.97 Å². The molecule has 1 fully saturated rings. The zero-order chi connectivity index (χ0) is 26.2. The van der Waals surface area contributed by atoms with E-state index >= 15 is 0 Å². The third-order valence-electron chi connectivity index (χ3n) is 5.86. The van der Waals surface area contributed by atoms with E-state index in [-0.39, 0.29) is 54.7 Å². The molecule has 8 nitrogen and oxygen atoms in total. The molecule has 5 rings (SSSR count). The van der Waals surface area contributed by atoms with Gasteiger partial charge in [0.1, 0.15) is 19.3 Å². The quantitative estimate of drug-likeness (QED) is 0.486. The molecule has 2 aliphatic heterocycles. The second-order valence-corrected chi connectivity index (χ2v) is 9.05. The summed E-state index contributed by atoms with van der Waals surface area (Å²) >= 11 is 0. The molecule has 0 bridgehead atoms. The van der Waals surface area contributed by atoms with Gasteiger partial charge in [0.25, 0.3) is 5.91 Å². The van der Waals surface area contributed by atoms with E-state index in [0.717, 1.165) is 12.1 Å². The summed E-state index contributed by atoms with van der Waals surface area (Å²) in [6, 6.07) is 11.1. The second kappa shape index (κ2) is 9.64. The van der Waals surface area contributed by atoms with Gasteiger partial charge in [-0.3, -0.25) is 9.69 Å². The Kier molecular flexibility index (Phi) is 6.50. The number of hydrogen-bond acceptors (Lipinski definition) is 7. The van der Waals surface area contributed by atoms with Crippen molar-refractivity contribution in [2.75, 3.05) is 31.3 Å². The van der Waals surface area contributed by atoms with Gasteiger partial charge in [0, 0.05) is 23.4 Å². The molecule has 2 aliphatic rings. The molecule has 11 heteroatoms. The molecular formula is C26H24F3N3O5. The summed E-state index contributed by atoms with van der Waals surface area (Å²) in [5.74, 6) is -0.209. The molecule has 1 aromatic carbocycles. The van der Waals surface area contributed by atoms with E-state index in [1.54, 1.807) is 18.2 Å². The summed E-state index contributed by atoms with van der Waals surface area (Å²) in [6.45, 7) is 4.68. The lowest BCUT2D eigenvalue weighted by Crippen LogP contribution is -2.38. The van der Waals surface area contributed by atoms with Crippen LogP contribution in [0.2, 0.25) is 0 Å². The summed E-state index contributed by atoms with van der Waals surface area (Å²) in [7, 11) is 0. The first kappa shape index (κ1) is 25.0. The normalized spacial score (nSPS) is 18.7.